The molecule has 9 nitrogen and oxygen atoms in total. The third-order valence-electron chi connectivity index (χ3n) is 5.72. The molecule has 2 aromatic carbocycles. The highest BCUT2D eigenvalue weighted by Gasteiger charge is 2.23. The summed E-state index contributed by atoms with van der Waals surface area (Å²) in [6, 6.07) is 10.1. The van der Waals surface area contributed by atoms with Gasteiger partial charge in [-0.1, -0.05) is 32.3 Å². The summed E-state index contributed by atoms with van der Waals surface area (Å²) in [7, 11) is 0. The number of tetrazole rings is 1. The molecule has 3 N–H and O–H groups in total. The van der Waals surface area contributed by atoms with Gasteiger partial charge in [-0.05, 0) is 67.0 Å². The summed E-state index contributed by atoms with van der Waals surface area (Å²) in [6.07, 6.45) is 9.46. The smallest absolute Gasteiger partial charge is 0.242 e. The maximum absolute atomic E-state index is 13.4. The Morgan fingerprint density at radius 3 is 2.66 bits per heavy atom. The number of carbonyl (C=O) groups excluding carboxylic acids is 1. The van der Waals surface area contributed by atoms with Crippen molar-refractivity contribution >= 4 is 22.4 Å². The number of nitrogens with zero attached hydrogens (tertiary/aromatic N) is 3. The minimum absolute atomic E-state index is 0.00146. The third-order valence-corrected chi connectivity index (χ3v) is 5.72. The second-order valence-electron chi connectivity index (χ2n) is 8.23. The number of carbonyl (C=O) groups is 1. The average Bonchev–Trinajstić information content (AvgIpc) is 3.40. The van der Waals surface area contributed by atoms with E-state index in [0.29, 0.717) is 16.9 Å². The summed E-state index contributed by atoms with van der Waals surface area (Å²) in [4.78, 5) is 26.6. The lowest BCUT2D eigenvalue weighted by Gasteiger charge is -2.11. The average molecular weight is 474 g/mol. The van der Waals surface area contributed by atoms with E-state index in [1.807, 2.05) is 6.08 Å². The van der Waals surface area contributed by atoms with Gasteiger partial charge in [-0.2, -0.15) is 5.21 Å². The molecule has 0 spiro atoms. The van der Waals surface area contributed by atoms with E-state index in [1.54, 1.807) is 49.6 Å². The minimum Gasteiger partial charge on any atom is -0.465 e. The summed E-state index contributed by atoms with van der Waals surface area (Å²) < 4.78 is 11.5. The molecule has 2 heterocycles. The molecule has 0 aliphatic heterocycles. The Hall–Kier alpha value is -4.27. The number of ether oxygens (including phenoxy) is 1. The zero-order valence-electron chi connectivity index (χ0n) is 19.7. The van der Waals surface area contributed by atoms with Crippen molar-refractivity contribution in [2.75, 3.05) is 5.73 Å². The number of fused-ring (bicyclic) bond motifs is 1. The van der Waals surface area contributed by atoms with E-state index in [1.165, 1.54) is 19.3 Å². The van der Waals surface area contributed by atoms with E-state index >= 15 is 0 Å². The maximum Gasteiger partial charge on any atom is 0.242 e. The number of aryl methyl sites for hydroxylation is 1. The van der Waals surface area contributed by atoms with Gasteiger partial charge in [-0.3, -0.25) is 9.59 Å². The Bertz CT molecular complexity index is 1410. The van der Waals surface area contributed by atoms with Gasteiger partial charge < -0.3 is 14.9 Å². The molecule has 0 fully saturated rings. The van der Waals surface area contributed by atoms with Gasteiger partial charge in [0.1, 0.15) is 17.0 Å². The largest absolute Gasteiger partial charge is 0.465 e. The number of rotatable bonds is 10. The second-order valence-corrected chi connectivity index (χ2v) is 8.23. The normalized spacial score (nSPS) is 11.4. The molecule has 0 bridgehead atoms. The van der Waals surface area contributed by atoms with Crippen molar-refractivity contribution in [3.63, 3.8) is 0 Å². The molecule has 0 saturated heterocycles. The maximum atomic E-state index is 13.4. The van der Waals surface area contributed by atoms with E-state index in [4.69, 9.17) is 14.9 Å². The number of hydrogen-bond donors (Lipinski definition) is 2. The van der Waals surface area contributed by atoms with Crippen molar-refractivity contribution in [3.8, 4) is 17.3 Å². The van der Waals surface area contributed by atoms with Gasteiger partial charge in [-0.25, -0.2) is 0 Å². The molecule has 0 saturated carbocycles. The number of nitrogens with two attached hydrogens (primary N) is 1. The van der Waals surface area contributed by atoms with E-state index in [9.17, 15) is 9.59 Å². The molecule has 0 aliphatic carbocycles. The number of aromatic nitrogens is 4. The van der Waals surface area contributed by atoms with Crippen LogP contribution in [0.5, 0.6) is 5.75 Å². The molecule has 35 heavy (non-hydrogen) atoms. The van der Waals surface area contributed by atoms with Crippen LogP contribution >= 0.6 is 0 Å². The number of hydrogen-bond acceptors (Lipinski definition) is 8. The highest BCUT2D eigenvalue weighted by Crippen LogP contribution is 2.29. The molecule has 0 unspecified atom stereocenters. The van der Waals surface area contributed by atoms with Crippen molar-refractivity contribution in [2.24, 2.45) is 0 Å². The predicted molar refractivity (Wildman–Crippen MR) is 133 cm³/mol. The van der Waals surface area contributed by atoms with Crippen molar-refractivity contribution in [1.29, 1.82) is 0 Å². The van der Waals surface area contributed by atoms with Crippen LogP contribution in [0, 0.1) is 6.92 Å². The van der Waals surface area contributed by atoms with Crippen LogP contribution in [0.2, 0.25) is 0 Å². The monoisotopic (exact) mass is 473 g/mol. The molecule has 0 atom stereocenters. The molecule has 0 aliphatic rings. The number of H-pyrrole nitrogens is 1. The number of allylic oxidation sites excluding steroid dienone is 1. The lowest BCUT2D eigenvalue weighted by atomic mass is 9.94. The molecule has 4 rings (SSSR count). The topological polar surface area (TPSA) is 137 Å². The van der Waals surface area contributed by atoms with E-state index < -0.39 is 5.43 Å². The Morgan fingerprint density at radius 1 is 1.14 bits per heavy atom. The van der Waals surface area contributed by atoms with E-state index in [-0.39, 0.29) is 39.6 Å². The van der Waals surface area contributed by atoms with Crippen LogP contribution < -0.4 is 15.9 Å². The highest BCUT2D eigenvalue weighted by atomic mass is 16.5. The quantitative estimate of drug-likeness (QED) is 0.187. The Kier molecular flexibility index (Phi) is 7.35. The Balaban J connectivity index is 1.59. The third kappa shape index (κ3) is 5.13. The van der Waals surface area contributed by atoms with Crippen LogP contribution in [0.15, 0.2) is 57.9 Å². The van der Waals surface area contributed by atoms with Gasteiger partial charge in [-0.15, -0.1) is 10.2 Å². The lowest BCUT2D eigenvalue weighted by molar-refractivity contribution is 0.103. The fourth-order valence-electron chi connectivity index (χ4n) is 3.83. The van der Waals surface area contributed by atoms with Crippen LogP contribution in [0.25, 0.3) is 22.6 Å². The molecule has 0 radical (unpaired) electrons. The van der Waals surface area contributed by atoms with E-state index in [0.717, 1.165) is 12.8 Å². The standard InChI is InChI=1S/C26H27N5O4/c1-3-4-5-6-7-8-15-34-18-12-10-17(11-13-18)23(32)20-16(2)9-14-19-21(20)24(33)22(27)25(35-19)26-28-30-31-29-26/h8-15H,3-7,27H2,1-2H3,(H,28,29,30,31). The molecule has 180 valence electrons. The van der Waals surface area contributed by atoms with Crippen molar-refractivity contribution < 1.29 is 13.9 Å². The van der Waals surface area contributed by atoms with Gasteiger partial charge in [0, 0.05) is 11.1 Å². The number of unbranched alkanes of at least 4 members (excludes halogenated alkanes) is 4. The zero-order chi connectivity index (χ0) is 24.8. The number of benzene rings is 2. The first kappa shape index (κ1) is 23.9. The molecular weight excluding hydrogens is 446 g/mol. The highest BCUT2D eigenvalue weighted by molar-refractivity contribution is 6.17. The summed E-state index contributed by atoms with van der Waals surface area (Å²) in [5, 5.41) is 13.5. The molecule has 0 amide bonds. The summed E-state index contributed by atoms with van der Waals surface area (Å²) >= 11 is 0. The van der Waals surface area contributed by atoms with Crippen LogP contribution in [0.3, 0.4) is 0 Å². The van der Waals surface area contributed by atoms with Crippen LogP contribution in [-0.4, -0.2) is 26.4 Å². The Morgan fingerprint density at radius 2 is 1.94 bits per heavy atom. The Labute approximate surface area is 202 Å². The second kappa shape index (κ2) is 10.8. The number of nitrogen functional groups attached to an aromatic ring is 1. The van der Waals surface area contributed by atoms with Crippen LogP contribution in [0.1, 0.15) is 60.5 Å². The minimum atomic E-state index is -0.526. The summed E-state index contributed by atoms with van der Waals surface area (Å²) in [6.45, 7) is 3.95. The van der Waals surface area contributed by atoms with Crippen LogP contribution in [-0.2, 0) is 0 Å². The number of nitrogens with one attached hydrogen (secondary N) is 1. The van der Waals surface area contributed by atoms with Crippen molar-refractivity contribution in [3.05, 3.63) is 75.6 Å². The SMILES string of the molecule is CCCCCCC=COc1ccc(C(=O)c2c(C)ccc3oc(-c4nn[nH]n4)c(N)c(=O)c23)cc1. The van der Waals surface area contributed by atoms with Gasteiger partial charge in [0.2, 0.25) is 17.0 Å². The number of aromatic amines is 1. The molecular formula is C26H27N5O4. The van der Waals surface area contributed by atoms with Crippen molar-refractivity contribution in [2.45, 2.75) is 46.0 Å². The van der Waals surface area contributed by atoms with Crippen LogP contribution in [0.4, 0.5) is 5.69 Å². The van der Waals surface area contributed by atoms with Gasteiger partial charge in [0.15, 0.2) is 5.78 Å². The first-order valence-electron chi connectivity index (χ1n) is 11.6. The summed E-state index contributed by atoms with van der Waals surface area (Å²) in [5.41, 5.74) is 6.83. The molecule has 9 heteroatoms. The first-order chi connectivity index (χ1) is 17.0. The predicted octanol–water partition coefficient (Wildman–Crippen LogP) is 4.96. The van der Waals surface area contributed by atoms with E-state index in [2.05, 4.69) is 27.5 Å². The molecule has 4 aromatic rings. The fraction of sp³-hybridized carbons (Fsp3) is 0.269. The number of anilines is 1. The molecule has 2 aromatic heterocycles. The van der Waals surface area contributed by atoms with Gasteiger partial charge in [0.05, 0.1) is 11.6 Å². The fourth-order valence-corrected chi connectivity index (χ4v) is 3.83. The van der Waals surface area contributed by atoms with Gasteiger partial charge in [0.25, 0.3) is 0 Å². The zero-order valence-corrected chi connectivity index (χ0v) is 19.7. The van der Waals surface area contributed by atoms with Crippen molar-refractivity contribution in [1.82, 2.24) is 20.6 Å². The summed E-state index contributed by atoms with van der Waals surface area (Å²) in [5.74, 6) is 0.360. The lowest BCUT2D eigenvalue weighted by Crippen LogP contribution is -2.15. The first-order valence-corrected chi connectivity index (χ1v) is 11.6. The number of ketones is 1. The van der Waals surface area contributed by atoms with Gasteiger partial charge >= 0.3 is 0 Å².